The summed E-state index contributed by atoms with van der Waals surface area (Å²) in [4.78, 5) is 1.48. The molecule has 1 aromatic rings. The lowest BCUT2D eigenvalue weighted by molar-refractivity contribution is -0.118. The quantitative estimate of drug-likeness (QED) is 0.655. The lowest BCUT2D eigenvalue weighted by Crippen LogP contribution is -2.60. The highest BCUT2D eigenvalue weighted by molar-refractivity contribution is 7.09. The topological polar surface area (TPSA) is 38.0 Å². The number of nitrogens with one attached hydrogen (secondary N) is 1. The smallest absolute Gasteiger partial charge is 0.0315 e. The molecule has 4 aliphatic rings. The fourth-order valence-electron chi connectivity index (χ4n) is 6.29. The zero-order chi connectivity index (χ0) is 13.8. The normalized spacial score (nSPS) is 43.9. The molecular formula is C17H26N2S. The van der Waals surface area contributed by atoms with E-state index in [0.29, 0.717) is 16.9 Å². The number of hydrogen-bond acceptors (Lipinski definition) is 3. The Morgan fingerprint density at radius 1 is 1.35 bits per heavy atom. The summed E-state index contributed by atoms with van der Waals surface area (Å²) in [5, 5.41) is 2.18. The highest BCUT2D eigenvalue weighted by atomic mass is 32.1. The lowest BCUT2D eigenvalue weighted by Gasteiger charge is -2.63. The number of hydrogen-bond donors (Lipinski definition) is 2. The molecule has 3 unspecified atom stereocenters. The van der Waals surface area contributed by atoms with E-state index >= 15 is 0 Å². The van der Waals surface area contributed by atoms with E-state index in [4.69, 9.17) is 5.84 Å². The molecule has 5 rings (SSSR count). The van der Waals surface area contributed by atoms with Crippen LogP contribution in [0.2, 0.25) is 0 Å². The molecule has 0 aliphatic heterocycles. The van der Waals surface area contributed by atoms with Crippen LogP contribution in [0.4, 0.5) is 0 Å². The van der Waals surface area contributed by atoms with Crippen molar-refractivity contribution in [1.82, 2.24) is 5.43 Å². The van der Waals surface area contributed by atoms with E-state index in [-0.39, 0.29) is 0 Å². The first-order valence-electron chi connectivity index (χ1n) is 8.09. The van der Waals surface area contributed by atoms with Gasteiger partial charge in [-0.05, 0) is 79.1 Å². The summed E-state index contributed by atoms with van der Waals surface area (Å²) in [6.45, 7) is 2.54. The predicted octanol–water partition coefficient (Wildman–Crippen LogP) is 3.73. The van der Waals surface area contributed by atoms with Gasteiger partial charge in [0.2, 0.25) is 0 Å². The monoisotopic (exact) mass is 290 g/mol. The fourth-order valence-corrected chi connectivity index (χ4v) is 7.04. The Hall–Kier alpha value is -0.380. The molecular weight excluding hydrogens is 264 g/mol. The van der Waals surface area contributed by atoms with Crippen LogP contribution in [-0.4, -0.2) is 6.04 Å². The van der Waals surface area contributed by atoms with Crippen molar-refractivity contribution in [3.63, 3.8) is 0 Å². The lowest BCUT2D eigenvalue weighted by atomic mass is 9.43. The van der Waals surface area contributed by atoms with Gasteiger partial charge in [-0.25, -0.2) is 0 Å². The van der Waals surface area contributed by atoms with Gasteiger partial charge in [-0.2, -0.15) is 0 Å². The van der Waals surface area contributed by atoms with Gasteiger partial charge in [0.1, 0.15) is 0 Å². The average Bonchev–Trinajstić information content (AvgIpc) is 2.85. The van der Waals surface area contributed by atoms with Gasteiger partial charge in [-0.15, -0.1) is 11.3 Å². The fraction of sp³-hybridized carbons (Fsp3) is 0.765. The van der Waals surface area contributed by atoms with Crippen molar-refractivity contribution in [2.24, 2.45) is 28.5 Å². The van der Waals surface area contributed by atoms with Crippen molar-refractivity contribution in [1.29, 1.82) is 0 Å². The first kappa shape index (κ1) is 13.3. The van der Waals surface area contributed by atoms with Crippen molar-refractivity contribution >= 4 is 11.3 Å². The van der Waals surface area contributed by atoms with Gasteiger partial charge >= 0.3 is 0 Å². The third kappa shape index (κ3) is 2.06. The van der Waals surface area contributed by atoms with Gasteiger partial charge in [0.05, 0.1) is 0 Å². The van der Waals surface area contributed by atoms with Crippen LogP contribution in [0.15, 0.2) is 17.5 Å². The molecule has 0 radical (unpaired) electrons. The molecule has 1 aromatic heterocycles. The molecule has 0 amide bonds. The molecule has 0 spiro atoms. The van der Waals surface area contributed by atoms with Crippen LogP contribution in [0.3, 0.4) is 0 Å². The molecule has 3 heteroatoms. The molecule has 3 N–H and O–H groups in total. The van der Waals surface area contributed by atoms with Crippen LogP contribution >= 0.6 is 11.3 Å². The van der Waals surface area contributed by atoms with Crippen LogP contribution in [-0.2, 0) is 6.42 Å². The molecule has 0 saturated heterocycles. The minimum absolute atomic E-state index is 0.464. The summed E-state index contributed by atoms with van der Waals surface area (Å²) in [5.74, 6) is 7.95. The summed E-state index contributed by atoms with van der Waals surface area (Å²) in [6.07, 6.45) is 9.78. The molecule has 4 aliphatic carbocycles. The van der Waals surface area contributed by atoms with Crippen molar-refractivity contribution in [3.05, 3.63) is 22.4 Å². The van der Waals surface area contributed by atoms with Gasteiger partial charge in [0, 0.05) is 10.9 Å². The molecule has 20 heavy (non-hydrogen) atoms. The number of nitrogens with two attached hydrogens (primary N) is 1. The SMILES string of the molecule is CC12CC3CC(C1)CC(C(Cc1cccs1)NN)(C3)C2. The molecule has 2 nitrogen and oxygen atoms in total. The van der Waals surface area contributed by atoms with Crippen molar-refractivity contribution in [2.45, 2.75) is 57.9 Å². The maximum Gasteiger partial charge on any atom is 0.0315 e. The minimum atomic E-state index is 0.464. The zero-order valence-electron chi connectivity index (χ0n) is 12.4. The van der Waals surface area contributed by atoms with Gasteiger partial charge < -0.3 is 0 Å². The summed E-state index contributed by atoms with van der Waals surface area (Å²) >= 11 is 1.87. The Morgan fingerprint density at radius 3 is 2.65 bits per heavy atom. The number of rotatable bonds is 4. The second-order valence-corrected chi connectivity index (χ2v) is 9.17. The van der Waals surface area contributed by atoms with Gasteiger partial charge in [-0.3, -0.25) is 11.3 Å². The highest BCUT2D eigenvalue weighted by Gasteiger charge is 2.58. The maximum absolute atomic E-state index is 6.01. The third-order valence-electron chi connectivity index (χ3n) is 6.32. The summed E-state index contributed by atoms with van der Waals surface area (Å²) in [6, 6.07) is 4.89. The first-order chi connectivity index (χ1) is 9.61. The van der Waals surface area contributed by atoms with Crippen LogP contribution in [0.25, 0.3) is 0 Å². The Bertz CT molecular complexity index is 467. The van der Waals surface area contributed by atoms with E-state index in [2.05, 4.69) is 29.9 Å². The highest BCUT2D eigenvalue weighted by Crippen LogP contribution is 2.66. The standard InChI is InChI=1S/C17H26N2S/c1-16-7-12-5-13(8-16)10-17(9-12,11-16)15(19-18)6-14-3-2-4-20-14/h2-4,12-13,15,19H,5-11,18H2,1H3. The van der Waals surface area contributed by atoms with Gasteiger partial charge in [0.15, 0.2) is 0 Å². The molecule has 4 fully saturated rings. The largest absolute Gasteiger partial charge is 0.271 e. The predicted molar refractivity (Wildman–Crippen MR) is 84.4 cm³/mol. The van der Waals surface area contributed by atoms with Crippen LogP contribution in [0.5, 0.6) is 0 Å². The third-order valence-corrected chi connectivity index (χ3v) is 7.22. The van der Waals surface area contributed by atoms with E-state index in [1.165, 1.54) is 43.4 Å². The van der Waals surface area contributed by atoms with E-state index in [0.717, 1.165) is 18.3 Å². The van der Waals surface area contributed by atoms with E-state index in [9.17, 15) is 0 Å². The zero-order valence-corrected chi connectivity index (χ0v) is 13.2. The van der Waals surface area contributed by atoms with E-state index in [1.807, 2.05) is 11.3 Å². The Kier molecular flexibility index (Phi) is 3.03. The average molecular weight is 290 g/mol. The van der Waals surface area contributed by atoms with Crippen molar-refractivity contribution in [2.75, 3.05) is 0 Å². The van der Waals surface area contributed by atoms with Crippen LogP contribution in [0.1, 0.15) is 50.3 Å². The second-order valence-electron chi connectivity index (χ2n) is 8.14. The Labute approximate surface area is 126 Å². The van der Waals surface area contributed by atoms with Gasteiger partial charge in [0.25, 0.3) is 0 Å². The van der Waals surface area contributed by atoms with E-state index < -0.39 is 0 Å². The molecule has 0 aromatic carbocycles. The Morgan fingerprint density at radius 2 is 2.10 bits per heavy atom. The second kappa shape index (κ2) is 4.56. The van der Waals surface area contributed by atoms with Crippen LogP contribution < -0.4 is 11.3 Å². The van der Waals surface area contributed by atoms with Crippen molar-refractivity contribution < 1.29 is 0 Å². The molecule has 4 bridgehead atoms. The molecule has 110 valence electrons. The first-order valence-corrected chi connectivity index (χ1v) is 8.97. The van der Waals surface area contributed by atoms with E-state index in [1.54, 1.807) is 0 Å². The summed E-state index contributed by atoms with van der Waals surface area (Å²) in [5.41, 5.74) is 4.30. The maximum atomic E-state index is 6.01. The Balaban J connectivity index is 1.62. The van der Waals surface area contributed by atoms with Crippen LogP contribution in [0, 0.1) is 22.7 Å². The summed E-state index contributed by atoms with van der Waals surface area (Å²) < 4.78 is 0. The van der Waals surface area contributed by atoms with Gasteiger partial charge in [-0.1, -0.05) is 13.0 Å². The van der Waals surface area contributed by atoms with Crippen molar-refractivity contribution in [3.8, 4) is 0 Å². The molecule has 3 atom stereocenters. The minimum Gasteiger partial charge on any atom is -0.271 e. The molecule has 1 heterocycles. The number of thiophene rings is 1. The number of hydrazine groups is 1. The summed E-state index contributed by atoms with van der Waals surface area (Å²) in [7, 11) is 0. The molecule has 4 saturated carbocycles.